The van der Waals surface area contributed by atoms with Gasteiger partial charge in [-0.1, -0.05) is 13.8 Å². The number of nitrogens with one attached hydrogen (secondary N) is 1. The molecular formula is C12H25N3O3. The first-order valence-corrected chi connectivity index (χ1v) is 6.17. The lowest BCUT2D eigenvalue weighted by molar-refractivity contribution is -0.137. The van der Waals surface area contributed by atoms with Gasteiger partial charge in [0.15, 0.2) is 0 Å². The predicted molar refractivity (Wildman–Crippen MR) is 70.2 cm³/mol. The van der Waals surface area contributed by atoms with Crippen LogP contribution in [0, 0.1) is 5.92 Å². The van der Waals surface area contributed by atoms with Gasteiger partial charge >= 0.3 is 5.97 Å². The topological polar surface area (TPSA) is 95.7 Å². The van der Waals surface area contributed by atoms with Crippen LogP contribution in [-0.2, 0) is 9.59 Å². The van der Waals surface area contributed by atoms with E-state index in [-0.39, 0.29) is 24.8 Å². The molecule has 0 saturated carbocycles. The SMILES string of the molecule is CC(C)C(CNC(=O)C(N)CCC(=O)O)N(C)C. The summed E-state index contributed by atoms with van der Waals surface area (Å²) in [7, 11) is 3.92. The number of rotatable bonds is 8. The van der Waals surface area contributed by atoms with Crippen molar-refractivity contribution in [3.05, 3.63) is 0 Å². The third kappa shape index (κ3) is 6.56. The first-order valence-electron chi connectivity index (χ1n) is 6.17. The third-order valence-corrected chi connectivity index (χ3v) is 2.92. The fourth-order valence-corrected chi connectivity index (χ4v) is 1.76. The lowest BCUT2D eigenvalue weighted by Crippen LogP contribution is -2.48. The quantitative estimate of drug-likeness (QED) is 0.565. The highest BCUT2D eigenvalue weighted by atomic mass is 16.4. The number of hydrogen-bond donors (Lipinski definition) is 3. The van der Waals surface area contributed by atoms with Gasteiger partial charge in [-0.25, -0.2) is 0 Å². The minimum Gasteiger partial charge on any atom is -0.481 e. The number of carbonyl (C=O) groups is 2. The molecule has 0 bridgehead atoms. The van der Waals surface area contributed by atoms with Crippen molar-refractivity contribution in [2.75, 3.05) is 20.6 Å². The molecule has 0 aliphatic rings. The minimum absolute atomic E-state index is 0.0874. The van der Waals surface area contributed by atoms with Crippen molar-refractivity contribution in [3.63, 3.8) is 0 Å². The summed E-state index contributed by atoms with van der Waals surface area (Å²) in [5.74, 6) is -0.814. The van der Waals surface area contributed by atoms with E-state index in [1.807, 2.05) is 19.0 Å². The van der Waals surface area contributed by atoms with E-state index < -0.39 is 12.0 Å². The second-order valence-corrected chi connectivity index (χ2v) is 5.06. The van der Waals surface area contributed by atoms with Crippen LogP contribution in [0.2, 0.25) is 0 Å². The number of likely N-dealkylation sites (N-methyl/N-ethyl adjacent to an activating group) is 1. The van der Waals surface area contributed by atoms with Crippen molar-refractivity contribution in [2.45, 2.75) is 38.8 Å². The van der Waals surface area contributed by atoms with Gasteiger partial charge in [-0.3, -0.25) is 9.59 Å². The van der Waals surface area contributed by atoms with E-state index in [9.17, 15) is 9.59 Å². The highest BCUT2D eigenvalue weighted by Crippen LogP contribution is 2.06. The fourth-order valence-electron chi connectivity index (χ4n) is 1.76. The zero-order valence-electron chi connectivity index (χ0n) is 11.6. The molecule has 6 nitrogen and oxygen atoms in total. The van der Waals surface area contributed by atoms with Gasteiger partial charge in [0.2, 0.25) is 5.91 Å². The number of amides is 1. The van der Waals surface area contributed by atoms with Crippen LogP contribution in [0.5, 0.6) is 0 Å². The van der Waals surface area contributed by atoms with Gasteiger partial charge in [-0.05, 0) is 26.4 Å². The first-order chi connectivity index (χ1) is 8.25. The maximum Gasteiger partial charge on any atom is 0.303 e. The maximum atomic E-state index is 11.7. The molecule has 0 radical (unpaired) electrons. The van der Waals surface area contributed by atoms with Gasteiger partial charge in [0.25, 0.3) is 0 Å². The summed E-state index contributed by atoms with van der Waals surface area (Å²) in [5, 5.41) is 11.3. The highest BCUT2D eigenvalue weighted by molar-refractivity contribution is 5.82. The van der Waals surface area contributed by atoms with Gasteiger partial charge < -0.3 is 21.1 Å². The van der Waals surface area contributed by atoms with E-state index in [2.05, 4.69) is 19.2 Å². The Kier molecular flexibility index (Phi) is 7.54. The van der Waals surface area contributed by atoms with Crippen LogP contribution in [0.3, 0.4) is 0 Å². The third-order valence-electron chi connectivity index (χ3n) is 2.92. The number of carbonyl (C=O) groups excluding carboxylic acids is 1. The molecule has 0 aromatic carbocycles. The van der Waals surface area contributed by atoms with E-state index in [0.29, 0.717) is 12.5 Å². The average molecular weight is 259 g/mol. The summed E-state index contributed by atoms with van der Waals surface area (Å²) in [6, 6.07) is -0.517. The van der Waals surface area contributed by atoms with Crippen molar-refractivity contribution in [1.29, 1.82) is 0 Å². The Hall–Kier alpha value is -1.14. The summed E-state index contributed by atoms with van der Waals surface area (Å²) in [4.78, 5) is 24.1. The van der Waals surface area contributed by atoms with E-state index in [4.69, 9.17) is 10.8 Å². The largest absolute Gasteiger partial charge is 0.481 e. The van der Waals surface area contributed by atoms with Crippen molar-refractivity contribution < 1.29 is 14.7 Å². The van der Waals surface area contributed by atoms with Crippen molar-refractivity contribution in [2.24, 2.45) is 11.7 Å². The molecule has 0 fully saturated rings. The van der Waals surface area contributed by atoms with Crippen LogP contribution in [0.15, 0.2) is 0 Å². The van der Waals surface area contributed by atoms with E-state index in [0.717, 1.165) is 0 Å². The van der Waals surface area contributed by atoms with Gasteiger partial charge in [-0.15, -0.1) is 0 Å². The van der Waals surface area contributed by atoms with Gasteiger partial charge in [0.05, 0.1) is 6.04 Å². The summed E-state index contributed by atoms with van der Waals surface area (Å²) < 4.78 is 0. The molecule has 4 N–H and O–H groups in total. The zero-order chi connectivity index (χ0) is 14.3. The predicted octanol–water partition coefficient (Wildman–Crippen LogP) is -0.119. The maximum absolute atomic E-state index is 11.7. The standard InChI is InChI=1S/C12H25N3O3/c1-8(2)10(15(3)4)7-14-12(18)9(13)5-6-11(16)17/h8-10H,5-7,13H2,1-4H3,(H,14,18)(H,16,17). The molecule has 0 aromatic rings. The Balaban J connectivity index is 4.11. The molecule has 0 aliphatic carbocycles. The molecule has 106 valence electrons. The van der Waals surface area contributed by atoms with Crippen molar-refractivity contribution in [1.82, 2.24) is 10.2 Å². The molecule has 18 heavy (non-hydrogen) atoms. The van der Waals surface area contributed by atoms with Gasteiger partial charge in [0, 0.05) is 19.0 Å². The Bertz CT molecular complexity index is 272. The molecule has 0 rings (SSSR count). The molecule has 2 atom stereocenters. The van der Waals surface area contributed by atoms with Crippen LogP contribution in [0.4, 0.5) is 0 Å². The van der Waals surface area contributed by atoms with Crippen LogP contribution in [0.1, 0.15) is 26.7 Å². The monoisotopic (exact) mass is 259 g/mol. The minimum atomic E-state index is -0.938. The van der Waals surface area contributed by atoms with Crippen molar-refractivity contribution >= 4 is 11.9 Å². The Morgan fingerprint density at radius 3 is 2.28 bits per heavy atom. The van der Waals surface area contributed by atoms with E-state index in [1.54, 1.807) is 0 Å². The second kappa shape index (κ2) is 8.05. The number of carboxylic acids is 1. The first kappa shape index (κ1) is 16.9. The van der Waals surface area contributed by atoms with E-state index >= 15 is 0 Å². The van der Waals surface area contributed by atoms with Crippen LogP contribution in [0.25, 0.3) is 0 Å². The summed E-state index contributed by atoms with van der Waals surface area (Å²) >= 11 is 0. The molecule has 0 saturated heterocycles. The molecule has 0 aromatic heterocycles. The number of carboxylic acid groups (broad SMARTS) is 1. The van der Waals surface area contributed by atoms with Gasteiger partial charge in [0.1, 0.15) is 0 Å². The molecule has 0 heterocycles. The summed E-state index contributed by atoms with van der Waals surface area (Å²) in [6.45, 7) is 4.69. The number of hydrogen-bond acceptors (Lipinski definition) is 4. The lowest BCUT2D eigenvalue weighted by atomic mass is 10.0. The van der Waals surface area contributed by atoms with Crippen molar-refractivity contribution in [3.8, 4) is 0 Å². The fraction of sp³-hybridized carbons (Fsp3) is 0.833. The number of nitrogens with zero attached hydrogens (tertiary/aromatic N) is 1. The smallest absolute Gasteiger partial charge is 0.303 e. The Labute approximate surface area is 109 Å². The molecule has 1 amide bonds. The van der Waals surface area contributed by atoms with E-state index in [1.165, 1.54) is 0 Å². The summed E-state index contributed by atoms with van der Waals surface area (Å²) in [5.41, 5.74) is 5.61. The number of aliphatic carboxylic acids is 1. The van der Waals surface area contributed by atoms with Crippen LogP contribution >= 0.6 is 0 Å². The Morgan fingerprint density at radius 1 is 1.33 bits per heavy atom. The normalized spacial score (nSPS) is 14.6. The summed E-state index contributed by atoms with van der Waals surface area (Å²) in [6.07, 6.45) is 0.0748. The highest BCUT2D eigenvalue weighted by Gasteiger charge is 2.19. The molecule has 6 heteroatoms. The second-order valence-electron chi connectivity index (χ2n) is 5.06. The average Bonchev–Trinajstić information content (AvgIpc) is 2.24. The Morgan fingerprint density at radius 2 is 1.89 bits per heavy atom. The van der Waals surface area contributed by atoms with Crippen LogP contribution < -0.4 is 11.1 Å². The molecular weight excluding hydrogens is 234 g/mol. The lowest BCUT2D eigenvalue weighted by Gasteiger charge is -2.28. The van der Waals surface area contributed by atoms with Gasteiger partial charge in [-0.2, -0.15) is 0 Å². The number of nitrogens with two attached hydrogens (primary N) is 1. The molecule has 2 unspecified atom stereocenters. The zero-order valence-corrected chi connectivity index (χ0v) is 11.6. The van der Waals surface area contributed by atoms with Crippen LogP contribution in [-0.4, -0.2) is 54.6 Å². The molecule has 0 aliphatic heterocycles. The molecule has 0 spiro atoms.